The molecule has 4 nitrogen and oxygen atoms in total. The molecule has 0 unspecified atom stereocenters. The molecule has 1 aromatic carbocycles. The van der Waals surface area contributed by atoms with Crippen molar-refractivity contribution in [2.75, 3.05) is 26.3 Å². The van der Waals surface area contributed by atoms with E-state index in [4.69, 9.17) is 21.4 Å². The molecule has 1 fully saturated rings. The first-order valence-corrected chi connectivity index (χ1v) is 7.32. The Hall–Kier alpha value is -1.10. The third-order valence-corrected chi connectivity index (χ3v) is 3.82. The molecule has 1 N–H and O–H groups in total. The second-order valence-electron chi connectivity index (χ2n) is 5.06. The summed E-state index contributed by atoms with van der Waals surface area (Å²) in [4.78, 5) is 12.8. The largest absolute Gasteiger partial charge is 0.481 e. The van der Waals surface area contributed by atoms with Crippen molar-refractivity contribution >= 4 is 17.6 Å². The molecule has 0 saturated carbocycles. The molecule has 1 heterocycles. The predicted octanol–water partition coefficient (Wildman–Crippen LogP) is 2.58. The Bertz CT molecular complexity index is 458. The lowest BCUT2D eigenvalue weighted by Crippen LogP contribution is -2.35. The van der Waals surface area contributed by atoms with E-state index in [1.165, 1.54) is 0 Å². The molecule has 1 saturated heterocycles. The van der Waals surface area contributed by atoms with E-state index in [1.807, 2.05) is 18.2 Å². The van der Waals surface area contributed by atoms with E-state index in [9.17, 15) is 4.79 Å². The highest BCUT2D eigenvalue weighted by Gasteiger charge is 2.12. The number of hydrogen-bond acceptors (Lipinski definition) is 3. The van der Waals surface area contributed by atoms with Gasteiger partial charge in [0, 0.05) is 31.1 Å². The summed E-state index contributed by atoms with van der Waals surface area (Å²) in [5.41, 5.74) is 2.22. The number of aliphatic carboxylic acids is 1. The molecule has 1 aromatic rings. The molecule has 1 aliphatic rings. The quantitative estimate of drug-likeness (QED) is 0.877. The van der Waals surface area contributed by atoms with Crippen molar-refractivity contribution in [3.63, 3.8) is 0 Å². The van der Waals surface area contributed by atoms with Crippen LogP contribution in [0.25, 0.3) is 0 Å². The summed E-state index contributed by atoms with van der Waals surface area (Å²) in [5.74, 6) is -0.750. The van der Waals surface area contributed by atoms with Crippen molar-refractivity contribution in [3.05, 3.63) is 34.3 Å². The number of carboxylic acids is 1. The van der Waals surface area contributed by atoms with Gasteiger partial charge < -0.3 is 9.84 Å². The maximum atomic E-state index is 10.5. The summed E-state index contributed by atoms with van der Waals surface area (Å²) in [7, 11) is 0. The highest BCUT2D eigenvalue weighted by atomic mass is 35.5. The molecular weight excluding hydrogens is 278 g/mol. The smallest absolute Gasteiger partial charge is 0.303 e. The van der Waals surface area contributed by atoms with Gasteiger partial charge in [-0.05, 0) is 30.0 Å². The summed E-state index contributed by atoms with van der Waals surface area (Å²) in [6.45, 7) is 4.29. The van der Waals surface area contributed by atoms with Crippen LogP contribution in [0.4, 0.5) is 0 Å². The van der Waals surface area contributed by atoms with Gasteiger partial charge in [-0.1, -0.05) is 23.7 Å². The first kappa shape index (κ1) is 15.3. The summed E-state index contributed by atoms with van der Waals surface area (Å²) in [6.07, 6.45) is 1.60. The van der Waals surface area contributed by atoms with Crippen molar-refractivity contribution in [3.8, 4) is 0 Å². The average molecular weight is 298 g/mol. The first-order chi connectivity index (χ1) is 9.65. The van der Waals surface area contributed by atoms with E-state index >= 15 is 0 Å². The van der Waals surface area contributed by atoms with Crippen molar-refractivity contribution in [1.29, 1.82) is 0 Å². The highest BCUT2D eigenvalue weighted by Crippen LogP contribution is 2.21. The van der Waals surface area contributed by atoms with E-state index in [1.54, 1.807) is 0 Å². The number of ether oxygens (including phenoxy) is 1. The Morgan fingerprint density at radius 3 is 2.75 bits per heavy atom. The zero-order valence-electron chi connectivity index (χ0n) is 11.5. The Kier molecular flexibility index (Phi) is 5.83. The van der Waals surface area contributed by atoms with Gasteiger partial charge in [0.05, 0.1) is 13.2 Å². The van der Waals surface area contributed by atoms with Gasteiger partial charge in [-0.25, -0.2) is 0 Å². The third-order valence-electron chi connectivity index (χ3n) is 3.47. The minimum Gasteiger partial charge on any atom is -0.481 e. The van der Waals surface area contributed by atoms with Gasteiger partial charge in [0.1, 0.15) is 0 Å². The normalized spacial score (nSPS) is 16.2. The predicted molar refractivity (Wildman–Crippen MR) is 78.1 cm³/mol. The molecule has 110 valence electrons. The Morgan fingerprint density at radius 2 is 2.10 bits per heavy atom. The van der Waals surface area contributed by atoms with Crippen LogP contribution in [-0.2, 0) is 22.5 Å². The fourth-order valence-electron chi connectivity index (χ4n) is 2.32. The fourth-order valence-corrected chi connectivity index (χ4v) is 2.58. The number of nitrogens with zero attached hydrogens (tertiary/aromatic N) is 1. The fraction of sp³-hybridized carbons (Fsp3) is 0.533. The van der Waals surface area contributed by atoms with E-state index < -0.39 is 5.97 Å². The number of benzene rings is 1. The average Bonchev–Trinajstić information content (AvgIpc) is 2.42. The first-order valence-electron chi connectivity index (χ1n) is 6.94. The van der Waals surface area contributed by atoms with Crippen LogP contribution in [0.15, 0.2) is 18.2 Å². The van der Waals surface area contributed by atoms with Gasteiger partial charge in [-0.15, -0.1) is 0 Å². The van der Waals surface area contributed by atoms with E-state index in [2.05, 4.69) is 4.90 Å². The molecule has 20 heavy (non-hydrogen) atoms. The summed E-state index contributed by atoms with van der Waals surface area (Å²) >= 11 is 6.32. The van der Waals surface area contributed by atoms with E-state index in [-0.39, 0.29) is 6.42 Å². The molecule has 0 atom stereocenters. The van der Waals surface area contributed by atoms with Crippen molar-refractivity contribution in [2.24, 2.45) is 0 Å². The minimum atomic E-state index is -0.750. The van der Waals surface area contributed by atoms with Crippen LogP contribution in [0.3, 0.4) is 0 Å². The molecule has 0 aromatic heterocycles. The number of aryl methyl sites for hydroxylation is 1. The standard InChI is InChI=1S/C15H20ClNO3/c16-14-10-12(2-1-3-15(18)19)4-5-13(14)11-17-6-8-20-9-7-17/h4-5,10H,1-3,6-9,11H2,(H,18,19). The molecule has 0 bridgehead atoms. The lowest BCUT2D eigenvalue weighted by molar-refractivity contribution is -0.137. The second-order valence-corrected chi connectivity index (χ2v) is 5.47. The number of morpholine rings is 1. The van der Waals surface area contributed by atoms with Crippen LogP contribution >= 0.6 is 11.6 Å². The molecule has 0 amide bonds. The minimum absolute atomic E-state index is 0.202. The number of carbonyl (C=O) groups is 1. The molecule has 0 spiro atoms. The van der Waals surface area contributed by atoms with Crippen molar-refractivity contribution in [2.45, 2.75) is 25.8 Å². The molecule has 0 radical (unpaired) electrons. The zero-order valence-corrected chi connectivity index (χ0v) is 12.2. The molecule has 0 aliphatic carbocycles. The molecule has 5 heteroatoms. The summed E-state index contributed by atoms with van der Waals surface area (Å²) in [5, 5.41) is 9.40. The van der Waals surface area contributed by atoms with Crippen LogP contribution in [0.5, 0.6) is 0 Å². The van der Waals surface area contributed by atoms with Crippen LogP contribution in [-0.4, -0.2) is 42.3 Å². The van der Waals surface area contributed by atoms with Crippen LogP contribution in [0.2, 0.25) is 5.02 Å². The van der Waals surface area contributed by atoms with E-state index in [0.717, 1.165) is 55.4 Å². The number of halogens is 1. The summed E-state index contributed by atoms with van der Waals surface area (Å²) in [6, 6.07) is 6.05. The molecule has 1 aliphatic heterocycles. The zero-order chi connectivity index (χ0) is 14.4. The van der Waals surface area contributed by atoms with Gasteiger partial charge in [0.25, 0.3) is 0 Å². The third kappa shape index (κ3) is 4.78. The maximum absolute atomic E-state index is 10.5. The Morgan fingerprint density at radius 1 is 1.35 bits per heavy atom. The van der Waals surface area contributed by atoms with Gasteiger partial charge in [0.15, 0.2) is 0 Å². The van der Waals surface area contributed by atoms with Gasteiger partial charge >= 0.3 is 5.97 Å². The topological polar surface area (TPSA) is 49.8 Å². The maximum Gasteiger partial charge on any atom is 0.303 e. The van der Waals surface area contributed by atoms with Crippen LogP contribution < -0.4 is 0 Å². The lowest BCUT2D eigenvalue weighted by Gasteiger charge is -2.27. The Balaban J connectivity index is 1.89. The van der Waals surface area contributed by atoms with Crippen molar-refractivity contribution in [1.82, 2.24) is 4.90 Å². The highest BCUT2D eigenvalue weighted by molar-refractivity contribution is 6.31. The number of carboxylic acid groups (broad SMARTS) is 1. The van der Waals surface area contributed by atoms with Crippen molar-refractivity contribution < 1.29 is 14.6 Å². The second kappa shape index (κ2) is 7.62. The van der Waals surface area contributed by atoms with Gasteiger partial charge in [-0.2, -0.15) is 0 Å². The molecule has 2 rings (SSSR count). The van der Waals surface area contributed by atoms with Crippen LogP contribution in [0.1, 0.15) is 24.0 Å². The van der Waals surface area contributed by atoms with Gasteiger partial charge in [-0.3, -0.25) is 9.69 Å². The van der Waals surface area contributed by atoms with Gasteiger partial charge in [0.2, 0.25) is 0 Å². The number of rotatable bonds is 6. The monoisotopic (exact) mass is 297 g/mol. The van der Waals surface area contributed by atoms with E-state index in [0.29, 0.717) is 6.42 Å². The molecular formula is C15H20ClNO3. The SMILES string of the molecule is O=C(O)CCCc1ccc(CN2CCOCC2)c(Cl)c1. The number of hydrogen-bond donors (Lipinski definition) is 1. The van der Waals surface area contributed by atoms with Crippen LogP contribution in [0, 0.1) is 0 Å². The summed E-state index contributed by atoms with van der Waals surface area (Å²) < 4.78 is 5.33. The lowest BCUT2D eigenvalue weighted by atomic mass is 10.1. The Labute approximate surface area is 124 Å².